The summed E-state index contributed by atoms with van der Waals surface area (Å²) in [7, 11) is 0. The van der Waals surface area contributed by atoms with Crippen molar-refractivity contribution in [1.29, 1.82) is 0 Å². The normalized spacial score (nSPS) is 39.4. The summed E-state index contributed by atoms with van der Waals surface area (Å²) in [5, 5.41) is 11.6. The Hall–Kier alpha value is -2.71. The van der Waals surface area contributed by atoms with E-state index in [9.17, 15) is 19.5 Å². The lowest BCUT2D eigenvalue weighted by molar-refractivity contribution is -0.295. The molecule has 2 heterocycles. The van der Waals surface area contributed by atoms with Crippen LogP contribution in [0.1, 0.15) is 51.4 Å². The number of hydrogen-bond donors (Lipinski definition) is 1. The van der Waals surface area contributed by atoms with Gasteiger partial charge in [0.1, 0.15) is 17.8 Å². The molecule has 8 heteroatoms. The van der Waals surface area contributed by atoms with Crippen LogP contribution in [0.3, 0.4) is 0 Å². The lowest BCUT2D eigenvalue weighted by Crippen LogP contribution is -2.76. The first-order valence-electron chi connectivity index (χ1n) is 10.6. The zero-order valence-electron chi connectivity index (χ0n) is 18.8. The molecule has 32 heavy (non-hydrogen) atoms. The van der Waals surface area contributed by atoms with Crippen LogP contribution in [0.2, 0.25) is 0 Å². The lowest BCUT2D eigenvalue weighted by Gasteiger charge is -2.57. The largest absolute Gasteiger partial charge is 0.458 e. The Morgan fingerprint density at radius 2 is 1.75 bits per heavy atom. The molecule has 3 aliphatic rings. The van der Waals surface area contributed by atoms with E-state index in [0.29, 0.717) is 5.56 Å². The van der Waals surface area contributed by atoms with Crippen molar-refractivity contribution in [2.75, 3.05) is 0 Å². The molecule has 1 aliphatic carbocycles. The average Bonchev–Trinajstić information content (AvgIpc) is 2.86. The summed E-state index contributed by atoms with van der Waals surface area (Å²) in [4.78, 5) is 38.3. The molecule has 4 rings (SSSR count). The number of carbonyl (C=O) groups excluding carboxylic acids is 3. The monoisotopic (exact) mass is 444 g/mol. The highest BCUT2D eigenvalue weighted by atomic mass is 16.6. The topological polar surface area (TPSA) is 108 Å². The highest BCUT2D eigenvalue weighted by Crippen LogP contribution is 2.62. The maximum absolute atomic E-state index is 13.3. The van der Waals surface area contributed by atoms with Gasteiger partial charge in [0.15, 0.2) is 6.10 Å². The summed E-state index contributed by atoms with van der Waals surface area (Å²) in [6.07, 6.45) is 0.213. The van der Waals surface area contributed by atoms with Crippen LogP contribution >= 0.6 is 0 Å². The van der Waals surface area contributed by atoms with Crippen LogP contribution < -0.4 is 0 Å². The molecular weight excluding hydrogens is 416 g/mol. The molecule has 0 amide bonds. The standard InChI is InChI=1S/C24H28O8/c1-14(25)29-16-13-22(4,28)24-20(27)30-17(11-12-21(2,3)32-24)23(24,5)18(16)31-19(26)15-9-7-6-8-10-15/h6-12,16-18,28H,13H2,1-5H3/t16-,17-,18+,22+,23+,24+/m0/s1. The van der Waals surface area contributed by atoms with E-state index in [2.05, 4.69) is 0 Å². The molecule has 0 radical (unpaired) electrons. The predicted octanol–water partition coefficient (Wildman–Crippen LogP) is 2.33. The van der Waals surface area contributed by atoms with Crippen molar-refractivity contribution in [3.63, 3.8) is 0 Å². The molecule has 6 atom stereocenters. The van der Waals surface area contributed by atoms with Crippen LogP contribution in [0.15, 0.2) is 42.5 Å². The van der Waals surface area contributed by atoms with Crippen LogP contribution in [0.5, 0.6) is 0 Å². The fraction of sp³-hybridized carbons (Fsp3) is 0.542. The first-order chi connectivity index (χ1) is 14.8. The smallest absolute Gasteiger partial charge is 0.343 e. The Bertz CT molecular complexity index is 981. The van der Waals surface area contributed by atoms with Gasteiger partial charge in [0.25, 0.3) is 0 Å². The Morgan fingerprint density at radius 1 is 1.09 bits per heavy atom. The third-order valence-electron chi connectivity index (χ3n) is 6.81. The van der Waals surface area contributed by atoms with Crippen molar-refractivity contribution in [1.82, 2.24) is 0 Å². The zero-order chi connectivity index (χ0) is 23.5. The van der Waals surface area contributed by atoms with Crippen LogP contribution in [0, 0.1) is 5.41 Å². The van der Waals surface area contributed by atoms with Crippen molar-refractivity contribution < 1.29 is 38.4 Å². The summed E-state index contributed by atoms with van der Waals surface area (Å²) >= 11 is 0. The van der Waals surface area contributed by atoms with E-state index in [0.717, 1.165) is 0 Å². The van der Waals surface area contributed by atoms with E-state index < -0.39 is 58.4 Å². The Labute approximate surface area is 186 Å². The second-order valence-corrected chi connectivity index (χ2v) is 9.67. The van der Waals surface area contributed by atoms with Crippen molar-refractivity contribution in [3.05, 3.63) is 48.0 Å². The predicted molar refractivity (Wildman–Crippen MR) is 111 cm³/mol. The van der Waals surface area contributed by atoms with Gasteiger partial charge in [-0.2, -0.15) is 0 Å². The fourth-order valence-electron chi connectivity index (χ4n) is 5.45. The van der Waals surface area contributed by atoms with E-state index in [1.807, 2.05) is 0 Å². The summed E-state index contributed by atoms with van der Waals surface area (Å²) in [5.74, 6) is -1.99. The van der Waals surface area contributed by atoms with Crippen molar-refractivity contribution >= 4 is 17.9 Å². The number of benzene rings is 1. The number of ether oxygens (including phenoxy) is 4. The van der Waals surface area contributed by atoms with Crippen molar-refractivity contribution in [2.45, 2.75) is 76.2 Å². The molecule has 172 valence electrons. The molecule has 8 nitrogen and oxygen atoms in total. The Balaban J connectivity index is 1.88. The number of rotatable bonds is 3. The van der Waals surface area contributed by atoms with Gasteiger partial charge in [-0.15, -0.1) is 0 Å². The molecule has 2 aliphatic heterocycles. The van der Waals surface area contributed by atoms with Gasteiger partial charge in [-0.3, -0.25) is 4.79 Å². The van der Waals surface area contributed by atoms with Crippen LogP contribution in [0.25, 0.3) is 0 Å². The minimum Gasteiger partial charge on any atom is -0.458 e. The van der Waals surface area contributed by atoms with Gasteiger partial charge in [-0.1, -0.05) is 24.3 Å². The van der Waals surface area contributed by atoms with Gasteiger partial charge in [0.2, 0.25) is 5.60 Å². The minimum atomic E-state index is -1.87. The molecule has 1 aromatic rings. The highest BCUT2D eigenvalue weighted by molar-refractivity contribution is 5.90. The summed E-state index contributed by atoms with van der Waals surface area (Å²) in [5.41, 5.74) is -5.65. The molecule has 1 aromatic carbocycles. The van der Waals surface area contributed by atoms with Crippen molar-refractivity contribution in [3.8, 4) is 0 Å². The molecule has 0 aromatic heterocycles. The molecule has 1 saturated carbocycles. The third kappa shape index (κ3) is 3.08. The maximum atomic E-state index is 13.3. The minimum absolute atomic E-state index is 0.188. The van der Waals surface area contributed by atoms with E-state index in [1.165, 1.54) is 13.8 Å². The van der Waals surface area contributed by atoms with Crippen LogP contribution in [-0.4, -0.2) is 58.1 Å². The first kappa shape index (κ1) is 22.5. The van der Waals surface area contributed by atoms with Gasteiger partial charge in [-0.05, 0) is 45.9 Å². The molecule has 0 unspecified atom stereocenters. The van der Waals surface area contributed by atoms with Gasteiger partial charge in [0, 0.05) is 13.3 Å². The second-order valence-electron chi connectivity index (χ2n) is 9.67. The van der Waals surface area contributed by atoms with E-state index in [4.69, 9.17) is 18.9 Å². The molecular formula is C24H28O8. The molecule has 2 fully saturated rings. The van der Waals surface area contributed by atoms with Gasteiger partial charge in [0.05, 0.1) is 16.6 Å². The van der Waals surface area contributed by atoms with Crippen molar-refractivity contribution in [2.24, 2.45) is 5.41 Å². The lowest BCUT2D eigenvalue weighted by atomic mass is 9.54. The maximum Gasteiger partial charge on any atom is 0.343 e. The summed E-state index contributed by atoms with van der Waals surface area (Å²) < 4.78 is 23.5. The molecule has 1 saturated heterocycles. The summed E-state index contributed by atoms with van der Waals surface area (Å²) in [6.45, 7) is 7.90. The number of hydrogen-bond acceptors (Lipinski definition) is 8. The Morgan fingerprint density at radius 3 is 2.38 bits per heavy atom. The zero-order valence-corrected chi connectivity index (χ0v) is 18.8. The summed E-state index contributed by atoms with van der Waals surface area (Å²) in [6, 6.07) is 8.37. The highest BCUT2D eigenvalue weighted by Gasteiger charge is 2.82. The first-order valence-corrected chi connectivity index (χ1v) is 10.6. The van der Waals surface area contributed by atoms with Crippen LogP contribution in [-0.2, 0) is 28.5 Å². The number of esters is 3. The van der Waals surface area contributed by atoms with Gasteiger partial charge < -0.3 is 24.1 Å². The quantitative estimate of drug-likeness (QED) is 0.430. The molecule has 2 bridgehead atoms. The SMILES string of the molecule is CC(=O)O[C@H]1C[C@@](C)(O)[C@]23OC(C)(C)C=C[C@H](OC2=O)[C@]3(C)[C@@H]1OC(=O)c1ccccc1. The number of carbonyl (C=O) groups is 3. The van der Waals surface area contributed by atoms with E-state index in [1.54, 1.807) is 63.3 Å². The van der Waals surface area contributed by atoms with E-state index >= 15 is 0 Å². The molecule has 0 spiro atoms. The van der Waals surface area contributed by atoms with E-state index in [-0.39, 0.29) is 6.42 Å². The fourth-order valence-corrected chi connectivity index (χ4v) is 5.45. The van der Waals surface area contributed by atoms with Gasteiger partial charge >= 0.3 is 17.9 Å². The Kier molecular flexibility index (Phi) is 5.02. The average molecular weight is 444 g/mol. The second kappa shape index (κ2) is 7.15. The van der Waals surface area contributed by atoms with Crippen LogP contribution in [0.4, 0.5) is 0 Å². The third-order valence-corrected chi connectivity index (χ3v) is 6.81. The van der Waals surface area contributed by atoms with Gasteiger partial charge in [-0.25, -0.2) is 9.59 Å². The molecule has 1 N–H and O–H groups in total. The number of aliphatic hydroxyl groups is 1.